The van der Waals surface area contributed by atoms with Crippen LogP contribution in [-0.4, -0.2) is 56.8 Å². The van der Waals surface area contributed by atoms with Crippen LogP contribution in [0, 0.1) is 27.7 Å². The maximum Gasteiger partial charge on any atom is 0.352 e. The first-order valence-corrected chi connectivity index (χ1v) is 20.6. The third-order valence-corrected chi connectivity index (χ3v) is 12.1. The number of rotatable bonds is 13. The fourth-order valence-electron chi connectivity index (χ4n) is 8.54. The number of fused-ring (bicyclic) bond motifs is 4. The zero-order valence-electron chi connectivity index (χ0n) is 34.3. The molecule has 4 aromatic carbocycles. The molecular weight excluding hydrogens is 801 g/mol. The van der Waals surface area contributed by atoms with Gasteiger partial charge in [-0.05, 0) is 106 Å². The molecule has 0 saturated carbocycles. The van der Waals surface area contributed by atoms with Gasteiger partial charge in [0.1, 0.15) is 29.5 Å². The number of benzene rings is 4. The molecule has 308 valence electrons. The van der Waals surface area contributed by atoms with E-state index in [1.54, 1.807) is 17.0 Å². The Hall–Kier alpha value is -5.88. The average Bonchev–Trinajstić information content (AvgIpc) is 3.82. The van der Waals surface area contributed by atoms with Crippen molar-refractivity contribution in [2.45, 2.75) is 66.7 Å². The zero-order chi connectivity index (χ0) is 42.4. The van der Waals surface area contributed by atoms with Gasteiger partial charge in [-0.15, -0.1) is 0 Å². The molecule has 0 bridgehead atoms. The van der Waals surface area contributed by atoms with Crippen molar-refractivity contribution in [1.82, 2.24) is 19.5 Å². The Bertz CT molecular complexity index is 2770. The first-order chi connectivity index (χ1) is 28.9. The molecule has 0 spiro atoms. The molecule has 13 heteroatoms. The molecule has 0 radical (unpaired) electrons. The number of carboxylic acids is 1. The maximum absolute atomic E-state index is 15.2. The number of hydrogen-bond acceptors (Lipinski definition) is 7. The van der Waals surface area contributed by atoms with Crippen LogP contribution in [0.4, 0.5) is 5.69 Å². The minimum atomic E-state index is -1.11. The summed E-state index contributed by atoms with van der Waals surface area (Å²) < 4.78 is 20.0. The fraction of sp³-hybridized carbons (Fsp3) is 0.277. The summed E-state index contributed by atoms with van der Waals surface area (Å²) in [5, 5.41) is 12.6. The van der Waals surface area contributed by atoms with Crippen LogP contribution in [0.2, 0.25) is 10.0 Å². The van der Waals surface area contributed by atoms with Gasteiger partial charge in [-0.2, -0.15) is 0 Å². The number of nitrogens with zero attached hydrogens (tertiary/aromatic N) is 4. The first-order valence-electron chi connectivity index (χ1n) is 19.8. The predicted molar refractivity (Wildman–Crippen MR) is 235 cm³/mol. The van der Waals surface area contributed by atoms with Crippen LogP contribution in [-0.2, 0) is 24.4 Å². The highest BCUT2D eigenvalue weighted by Crippen LogP contribution is 2.46. The van der Waals surface area contributed by atoms with E-state index in [2.05, 4.69) is 16.5 Å². The molecule has 0 saturated heterocycles. The number of nitrogens with one attached hydrogen (secondary N) is 1. The van der Waals surface area contributed by atoms with E-state index in [9.17, 15) is 9.90 Å². The molecule has 4 heterocycles. The third-order valence-electron chi connectivity index (χ3n) is 11.2. The van der Waals surface area contributed by atoms with Crippen molar-refractivity contribution >= 4 is 62.6 Å². The summed E-state index contributed by atoms with van der Waals surface area (Å²) >= 11 is 13.6. The minimum Gasteiger partial charge on any atom is -0.496 e. The third kappa shape index (κ3) is 7.46. The Morgan fingerprint density at radius 2 is 1.63 bits per heavy atom. The van der Waals surface area contributed by atoms with Crippen molar-refractivity contribution in [2.24, 2.45) is 0 Å². The van der Waals surface area contributed by atoms with Crippen LogP contribution in [0.15, 0.2) is 72.8 Å². The Labute approximate surface area is 357 Å². The van der Waals surface area contributed by atoms with Crippen molar-refractivity contribution in [3.63, 3.8) is 0 Å². The number of aryl methyl sites for hydroxylation is 5. The Morgan fingerprint density at radius 3 is 2.32 bits per heavy atom. The number of carbonyl (C=O) groups is 2. The second kappa shape index (κ2) is 16.6. The average molecular weight is 847 g/mol. The monoisotopic (exact) mass is 845 g/mol. The highest BCUT2D eigenvalue weighted by Gasteiger charge is 2.37. The number of ether oxygens (including phenoxy) is 3. The van der Waals surface area contributed by atoms with Crippen LogP contribution >= 0.6 is 23.2 Å². The van der Waals surface area contributed by atoms with Crippen LogP contribution in [0.1, 0.15) is 79.8 Å². The summed E-state index contributed by atoms with van der Waals surface area (Å²) in [5.74, 6) is 0.463. The van der Waals surface area contributed by atoms with Crippen molar-refractivity contribution in [1.29, 1.82) is 0 Å². The normalized spacial score (nSPS) is 14.0. The molecule has 3 aromatic heterocycles. The van der Waals surface area contributed by atoms with Crippen LogP contribution in [0.5, 0.6) is 11.5 Å². The van der Waals surface area contributed by atoms with Crippen LogP contribution in [0.25, 0.3) is 32.9 Å². The summed E-state index contributed by atoms with van der Waals surface area (Å²) in [5.41, 5.74) is 9.25. The number of carboxylic acid groups (broad SMARTS) is 1. The van der Waals surface area contributed by atoms with E-state index in [0.29, 0.717) is 71.5 Å². The molecule has 8 rings (SSSR count). The van der Waals surface area contributed by atoms with Gasteiger partial charge in [-0.3, -0.25) is 4.79 Å². The number of aromatic nitrogens is 4. The Morgan fingerprint density at radius 1 is 0.917 bits per heavy atom. The van der Waals surface area contributed by atoms with Crippen molar-refractivity contribution in [3.8, 4) is 22.6 Å². The van der Waals surface area contributed by atoms with Crippen molar-refractivity contribution in [2.75, 3.05) is 25.2 Å². The SMILES string of the molecule is COc1ccc(N2C[C@@H](C)n3c(c(CCCOc4cc(C)c(Cl)c(C)c4)c4ccc(Cl)c(-c5c(C)nc(COCc6ccccc6)nc5C)c43)C2=O)c2[nH]c(C(=O)O)cc12. The van der Waals surface area contributed by atoms with E-state index in [-0.39, 0.29) is 24.2 Å². The molecule has 0 fully saturated rings. The molecule has 1 amide bonds. The number of carbonyl (C=O) groups excluding carboxylic acids is 1. The number of methoxy groups -OCH3 is 1. The summed E-state index contributed by atoms with van der Waals surface area (Å²) in [6.07, 6.45) is 1.13. The quantitative estimate of drug-likeness (QED) is 0.110. The van der Waals surface area contributed by atoms with Crippen molar-refractivity contribution in [3.05, 3.63) is 134 Å². The standard InChI is InChI=1S/C47H45Cl2N5O6/c1-25-19-31(20-26(2)42(25)49)60-18-10-13-32-33-14-15-35(48)41(40-28(4)50-39(51-29(40)5)24-59-23-30-11-8-7-9-12-30)44(33)54-27(3)22-53(46(55)45(32)54)37-16-17-38(58-6)34-21-36(47(56)57)52-43(34)37/h7-9,11-12,14-17,19-21,27,52H,10,13,18,22-24H2,1-6H3,(H,56,57)/t27-/m1/s1. The van der Waals surface area contributed by atoms with Gasteiger partial charge in [-0.1, -0.05) is 59.6 Å². The van der Waals surface area contributed by atoms with E-state index in [4.69, 9.17) is 47.4 Å². The number of amides is 1. The number of H-pyrrole nitrogens is 1. The number of anilines is 1. The van der Waals surface area contributed by atoms with Crippen LogP contribution in [0.3, 0.4) is 0 Å². The summed E-state index contributed by atoms with van der Waals surface area (Å²) in [6.45, 7) is 11.3. The lowest BCUT2D eigenvalue weighted by Crippen LogP contribution is -2.42. The van der Waals surface area contributed by atoms with Gasteiger partial charge in [-0.25, -0.2) is 14.8 Å². The van der Waals surface area contributed by atoms with Gasteiger partial charge >= 0.3 is 5.97 Å². The van der Waals surface area contributed by atoms with Gasteiger partial charge < -0.3 is 33.8 Å². The number of halogens is 2. The number of aromatic carboxylic acids is 1. The second-order valence-electron chi connectivity index (χ2n) is 15.3. The number of aromatic amines is 1. The largest absolute Gasteiger partial charge is 0.496 e. The molecule has 60 heavy (non-hydrogen) atoms. The summed E-state index contributed by atoms with van der Waals surface area (Å²) in [4.78, 5) is 41.8. The van der Waals surface area contributed by atoms with Crippen LogP contribution < -0.4 is 14.4 Å². The highest BCUT2D eigenvalue weighted by atomic mass is 35.5. The highest BCUT2D eigenvalue weighted by molar-refractivity contribution is 6.35. The minimum absolute atomic E-state index is 0.00449. The molecule has 11 nitrogen and oxygen atoms in total. The van der Waals surface area contributed by atoms with E-state index >= 15 is 4.79 Å². The maximum atomic E-state index is 15.2. The zero-order valence-corrected chi connectivity index (χ0v) is 35.8. The molecular formula is C47H45Cl2N5O6. The molecule has 0 unspecified atom stereocenters. The van der Waals surface area contributed by atoms with E-state index in [1.807, 2.05) is 82.3 Å². The van der Waals surface area contributed by atoms with Crippen molar-refractivity contribution < 1.29 is 28.9 Å². The lowest BCUT2D eigenvalue weighted by Gasteiger charge is -2.34. The molecule has 2 N–H and O–H groups in total. The Balaban J connectivity index is 1.23. The van der Waals surface area contributed by atoms with Gasteiger partial charge in [0.2, 0.25) is 0 Å². The van der Waals surface area contributed by atoms with Gasteiger partial charge in [0.15, 0.2) is 5.82 Å². The molecule has 0 aliphatic carbocycles. The topological polar surface area (TPSA) is 132 Å². The van der Waals surface area contributed by atoms with Gasteiger partial charge in [0.25, 0.3) is 5.91 Å². The van der Waals surface area contributed by atoms with E-state index in [0.717, 1.165) is 66.4 Å². The predicted octanol–water partition coefficient (Wildman–Crippen LogP) is 10.8. The summed E-state index contributed by atoms with van der Waals surface area (Å²) in [6, 6.07) is 22.6. The fourth-order valence-corrected chi connectivity index (χ4v) is 8.90. The smallest absolute Gasteiger partial charge is 0.352 e. The second-order valence-corrected chi connectivity index (χ2v) is 16.1. The van der Waals surface area contributed by atoms with E-state index < -0.39 is 5.97 Å². The Kier molecular flexibility index (Phi) is 11.3. The molecule has 1 aliphatic heterocycles. The summed E-state index contributed by atoms with van der Waals surface area (Å²) in [7, 11) is 1.53. The molecule has 7 aromatic rings. The van der Waals surface area contributed by atoms with E-state index in [1.165, 1.54) is 13.2 Å². The molecule has 1 aliphatic rings. The molecule has 1 atom stereocenters. The van der Waals surface area contributed by atoms with Gasteiger partial charge in [0, 0.05) is 50.9 Å². The van der Waals surface area contributed by atoms with Gasteiger partial charge in [0.05, 0.1) is 42.1 Å². The lowest BCUT2D eigenvalue weighted by atomic mass is 9.97. The first kappa shape index (κ1) is 40.9. The number of hydrogen-bond donors (Lipinski definition) is 2. The lowest BCUT2D eigenvalue weighted by molar-refractivity contribution is 0.0691.